The molecule has 0 aliphatic heterocycles. The van der Waals surface area contributed by atoms with Gasteiger partial charge in [-0.25, -0.2) is 14.4 Å². The normalized spacial score (nSPS) is 10.5. The molecule has 0 atom stereocenters. The van der Waals surface area contributed by atoms with E-state index < -0.39 is 5.82 Å². The molecule has 0 unspecified atom stereocenters. The minimum atomic E-state index is -0.466. The van der Waals surface area contributed by atoms with Gasteiger partial charge in [-0.2, -0.15) is 0 Å². The number of anilines is 2. The van der Waals surface area contributed by atoms with Gasteiger partial charge in [0.05, 0.1) is 23.8 Å². The Balaban J connectivity index is 0.00000324. The number of halogens is 3. The zero-order valence-corrected chi connectivity index (χ0v) is 20.3. The SMILES string of the molecule is CCOc1cc2cnc(Nc3ccc(OCc4cccc(Cl)c4F)cc3)nc2cc1OCC.Cl. The molecule has 0 saturated carbocycles. The Kier molecular flexibility index (Phi) is 8.73. The lowest BCUT2D eigenvalue weighted by Gasteiger charge is -2.12. The van der Waals surface area contributed by atoms with Gasteiger partial charge in [0.25, 0.3) is 0 Å². The third-order valence-electron chi connectivity index (χ3n) is 4.78. The molecule has 1 heterocycles. The van der Waals surface area contributed by atoms with Crippen LogP contribution in [0.4, 0.5) is 16.0 Å². The van der Waals surface area contributed by atoms with Gasteiger partial charge in [0, 0.05) is 28.9 Å². The molecular weight excluding hydrogens is 480 g/mol. The van der Waals surface area contributed by atoms with Gasteiger partial charge in [-0.05, 0) is 50.2 Å². The molecule has 0 bridgehead atoms. The van der Waals surface area contributed by atoms with E-state index in [1.165, 1.54) is 6.07 Å². The lowest BCUT2D eigenvalue weighted by atomic mass is 10.2. The predicted octanol–water partition coefficient (Wildman–Crippen LogP) is 6.96. The highest BCUT2D eigenvalue weighted by molar-refractivity contribution is 6.30. The molecule has 4 rings (SSSR count). The molecule has 0 aliphatic rings. The second-order valence-electron chi connectivity index (χ2n) is 7.07. The molecular formula is C25H24Cl2FN3O3. The van der Waals surface area contributed by atoms with Gasteiger partial charge in [-0.15, -0.1) is 12.4 Å². The number of nitrogens with one attached hydrogen (secondary N) is 1. The smallest absolute Gasteiger partial charge is 0.227 e. The summed E-state index contributed by atoms with van der Waals surface area (Å²) in [6.45, 7) is 5.00. The number of hydrogen-bond acceptors (Lipinski definition) is 6. The lowest BCUT2D eigenvalue weighted by Crippen LogP contribution is -2.01. The zero-order valence-electron chi connectivity index (χ0n) is 18.7. The number of rotatable bonds is 9. The monoisotopic (exact) mass is 503 g/mol. The number of nitrogens with zero attached hydrogens (tertiary/aromatic N) is 2. The largest absolute Gasteiger partial charge is 0.490 e. The average Bonchev–Trinajstić information content (AvgIpc) is 2.82. The molecule has 0 amide bonds. The third-order valence-corrected chi connectivity index (χ3v) is 5.07. The highest BCUT2D eigenvalue weighted by atomic mass is 35.5. The van der Waals surface area contributed by atoms with Gasteiger partial charge in [0.15, 0.2) is 11.5 Å². The number of ether oxygens (including phenoxy) is 3. The second-order valence-corrected chi connectivity index (χ2v) is 7.48. The molecule has 0 saturated heterocycles. The van der Waals surface area contributed by atoms with E-state index in [0.717, 1.165) is 16.6 Å². The van der Waals surface area contributed by atoms with Crippen LogP contribution in [0.1, 0.15) is 19.4 Å². The number of hydrogen-bond donors (Lipinski definition) is 1. The van der Waals surface area contributed by atoms with Crippen molar-refractivity contribution in [1.29, 1.82) is 0 Å². The fourth-order valence-corrected chi connectivity index (χ4v) is 3.41. The summed E-state index contributed by atoms with van der Waals surface area (Å²) in [4.78, 5) is 8.98. The van der Waals surface area contributed by atoms with Crippen molar-refractivity contribution in [1.82, 2.24) is 9.97 Å². The summed E-state index contributed by atoms with van der Waals surface area (Å²) in [7, 11) is 0. The fourth-order valence-electron chi connectivity index (χ4n) is 3.22. The zero-order chi connectivity index (χ0) is 23.2. The molecule has 0 radical (unpaired) electrons. The van der Waals surface area contributed by atoms with Gasteiger partial charge in [0.2, 0.25) is 5.95 Å². The van der Waals surface area contributed by atoms with Crippen LogP contribution >= 0.6 is 24.0 Å². The van der Waals surface area contributed by atoms with Crippen molar-refractivity contribution in [2.75, 3.05) is 18.5 Å². The van der Waals surface area contributed by atoms with E-state index in [1.54, 1.807) is 30.5 Å². The Morgan fingerprint density at radius 1 is 0.941 bits per heavy atom. The van der Waals surface area contributed by atoms with Crippen LogP contribution in [-0.4, -0.2) is 23.2 Å². The molecule has 178 valence electrons. The highest BCUT2D eigenvalue weighted by Crippen LogP contribution is 2.32. The molecule has 3 aromatic carbocycles. The first-order valence-electron chi connectivity index (χ1n) is 10.6. The third kappa shape index (κ3) is 5.98. The van der Waals surface area contributed by atoms with E-state index in [2.05, 4.69) is 15.3 Å². The summed E-state index contributed by atoms with van der Waals surface area (Å²) in [5.74, 6) is 1.90. The van der Waals surface area contributed by atoms with Crippen molar-refractivity contribution in [2.45, 2.75) is 20.5 Å². The van der Waals surface area contributed by atoms with Gasteiger partial charge in [-0.3, -0.25) is 0 Å². The second kappa shape index (κ2) is 11.7. The molecule has 0 spiro atoms. The van der Waals surface area contributed by atoms with Gasteiger partial charge in [0.1, 0.15) is 18.2 Å². The molecule has 1 N–H and O–H groups in total. The fraction of sp³-hybridized carbons (Fsp3) is 0.200. The minimum absolute atomic E-state index is 0. The highest BCUT2D eigenvalue weighted by Gasteiger charge is 2.10. The van der Waals surface area contributed by atoms with E-state index in [1.807, 2.05) is 38.1 Å². The van der Waals surface area contributed by atoms with E-state index in [0.29, 0.717) is 42.0 Å². The Morgan fingerprint density at radius 2 is 1.65 bits per heavy atom. The maximum absolute atomic E-state index is 14.0. The summed E-state index contributed by atoms with van der Waals surface area (Å²) >= 11 is 5.81. The van der Waals surface area contributed by atoms with E-state index in [4.69, 9.17) is 25.8 Å². The molecule has 34 heavy (non-hydrogen) atoms. The lowest BCUT2D eigenvalue weighted by molar-refractivity contribution is 0.288. The Morgan fingerprint density at radius 3 is 2.35 bits per heavy atom. The first-order valence-corrected chi connectivity index (χ1v) is 10.9. The van der Waals surface area contributed by atoms with Gasteiger partial charge in [-0.1, -0.05) is 23.7 Å². The Hall–Kier alpha value is -3.29. The van der Waals surface area contributed by atoms with Crippen LogP contribution in [0.5, 0.6) is 17.2 Å². The van der Waals surface area contributed by atoms with Crippen molar-refractivity contribution in [3.05, 3.63) is 77.2 Å². The standard InChI is InChI=1S/C25H23ClFN3O3.ClH/c1-3-31-22-12-17-14-28-25(30-21(17)13-23(22)32-4-2)29-18-8-10-19(11-9-18)33-15-16-6-5-7-20(26)24(16)27;/h5-14H,3-4,15H2,1-2H3,(H,28,29,30);1H. The minimum Gasteiger partial charge on any atom is -0.490 e. The van der Waals surface area contributed by atoms with Crippen LogP contribution in [-0.2, 0) is 6.61 Å². The van der Waals surface area contributed by atoms with Crippen molar-refractivity contribution in [3.8, 4) is 17.2 Å². The summed E-state index contributed by atoms with van der Waals surface area (Å²) < 4.78 is 31.0. The predicted molar refractivity (Wildman–Crippen MR) is 135 cm³/mol. The van der Waals surface area contributed by atoms with Gasteiger partial charge >= 0.3 is 0 Å². The molecule has 0 aliphatic carbocycles. The van der Waals surface area contributed by atoms with Crippen LogP contribution in [0, 0.1) is 5.82 Å². The molecule has 0 fully saturated rings. The van der Waals surface area contributed by atoms with E-state index in [9.17, 15) is 4.39 Å². The summed E-state index contributed by atoms with van der Waals surface area (Å²) in [6, 6.07) is 15.8. The van der Waals surface area contributed by atoms with Crippen LogP contribution in [0.3, 0.4) is 0 Å². The van der Waals surface area contributed by atoms with Crippen LogP contribution in [0.15, 0.2) is 60.8 Å². The Bertz CT molecular complexity index is 1260. The summed E-state index contributed by atoms with van der Waals surface area (Å²) in [5, 5.41) is 4.11. The topological polar surface area (TPSA) is 65.5 Å². The summed E-state index contributed by atoms with van der Waals surface area (Å²) in [5.41, 5.74) is 1.92. The van der Waals surface area contributed by atoms with Crippen molar-refractivity contribution in [3.63, 3.8) is 0 Å². The first kappa shape index (κ1) is 25.3. The van der Waals surface area contributed by atoms with Crippen molar-refractivity contribution in [2.24, 2.45) is 0 Å². The van der Waals surface area contributed by atoms with Crippen LogP contribution in [0.25, 0.3) is 10.9 Å². The maximum atomic E-state index is 14.0. The van der Waals surface area contributed by atoms with E-state index >= 15 is 0 Å². The molecule has 1 aromatic heterocycles. The van der Waals surface area contributed by atoms with Gasteiger partial charge < -0.3 is 19.5 Å². The first-order chi connectivity index (χ1) is 16.1. The molecule has 6 nitrogen and oxygen atoms in total. The van der Waals surface area contributed by atoms with Crippen molar-refractivity contribution >= 4 is 46.5 Å². The maximum Gasteiger partial charge on any atom is 0.227 e. The van der Waals surface area contributed by atoms with Crippen molar-refractivity contribution < 1.29 is 18.6 Å². The molecule has 4 aromatic rings. The quantitative estimate of drug-likeness (QED) is 0.266. The average molecular weight is 504 g/mol. The van der Waals surface area contributed by atoms with Crippen LogP contribution < -0.4 is 19.5 Å². The molecule has 9 heteroatoms. The van der Waals surface area contributed by atoms with Crippen LogP contribution in [0.2, 0.25) is 5.02 Å². The van der Waals surface area contributed by atoms with E-state index in [-0.39, 0.29) is 24.0 Å². The summed E-state index contributed by atoms with van der Waals surface area (Å²) in [6.07, 6.45) is 1.74. The number of fused-ring (bicyclic) bond motifs is 1. The number of aromatic nitrogens is 2. The number of benzene rings is 3. The Labute approximate surface area is 208 Å².